The molecule has 0 aliphatic carbocycles. The minimum absolute atomic E-state index is 0.344. The van der Waals surface area contributed by atoms with Crippen molar-refractivity contribution in [2.45, 2.75) is 32.6 Å². The van der Waals surface area contributed by atoms with E-state index >= 15 is 0 Å². The summed E-state index contributed by atoms with van der Waals surface area (Å²) in [6.07, 6.45) is 3.27. The molecule has 3 nitrogen and oxygen atoms in total. The molecule has 0 heterocycles. The largest absolute Gasteiger partial charge is 0.382 e. The molecule has 0 rings (SSSR count). The zero-order chi connectivity index (χ0) is 9.94. The Morgan fingerprint density at radius 3 is 2.54 bits per heavy atom. The van der Waals surface area contributed by atoms with E-state index in [9.17, 15) is 4.79 Å². The average Bonchev–Trinajstić information content (AvgIpc) is 2.16. The fourth-order valence-electron chi connectivity index (χ4n) is 0.947. The Balaban J connectivity index is 2.95. The maximum Gasteiger partial charge on any atom is 0.132 e. The predicted octanol–water partition coefficient (Wildman–Crippen LogP) is 1.80. The van der Waals surface area contributed by atoms with Crippen LogP contribution in [-0.2, 0) is 14.3 Å². The monoisotopic (exact) mass is 188 g/mol. The summed E-state index contributed by atoms with van der Waals surface area (Å²) in [6, 6.07) is 0. The van der Waals surface area contributed by atoms with Gasteiger partial charge in [0.1, 0.15) is 5.78 Å². The summed E-state index contributed by atoms with van der Waals surface area (Å²) in [4.78, 5) is 10.9. The quantitative estimate of drug-likeness (QED) is 0.517. The standard InChI is InChI=1S/C10H20O3/c1-3-10(11)6-4-5-7-13-9-8-12-2/h3-9H2,1-2H3. The summed E-state index contributed by atoms with van der Waals surface area (Å²) < 4.78 is 10.1. The molecule has 0 aromatic heterocycles. The lowest BCUT2D eigenvalue weighted by atomic mass is 10.1. The number of ether oxygens (including phenoxy) is 2. The summed E-state index contributed by atoms with van der Waals surface area (Å²) >= 11 is 0. The Labute approximate surface area is 80.4 Å². The van der Waals surface area contributed by atoms with Crippen molar-refractivity contribution in [1.29, 1.82) is 0 Å². The van der Waals surface area contributed by atoms with Gasteiger partial charge < -0.3 is 9.47 Å². The first-order valence-corrected chi connectivity index (χ1v) is 4.89. The molecule has 0 aliphatic heterocycles. The molecule has 0 saturated carbocycles. The highest BCUT2D eigenvalue weighted by atomic mass is 16.5. The van der Waals surface area contributed by atoms with Gasteiger partial charge in [-0.3, -0.25) is 4.79 Å². The Morgan fingerprint density at radius 1 is 1.15 bits per heavy atom. The Hall–Kier alpha value is -0.410. The maximum atomic E-state index is 10.9. The van der Waals surface area contributed by atoms with E-state index in [2.05, 4.69) is 0 Å². The van der Waals surface area contributed by atoms with Gasteiger partial charge >= 0.3 is 0 Å². The number of methoxy groups -OCH3 is 1. The molecule has 0 aromatic carbocycles. The van der Waals surface area contributed by atoms with E-state index in [1.54, 1.807) is 7.11 Å². The highest BCUT2D eigenvalue weighted by molar-refractivity contribution is 5.77. The van der Waals surface area contributed by atoms with Crippen LogP contribution in [-0.4, -0.2) is 32.7 Å². The molecule has 78 valence electrons. The number of Topliss-reactive ketones (excluding diaryl/α,β-unsaturated/α-hetero) is 1. The minimum atomic E-state index is 0.344. The summed E-state index contributed by atoms with van der Waals surface area (Å²) in [6.45, 7) is 3.93. The number of rotatable bonds is 9. The van der Waals surface area contributed by atoms with Crippen molar-refractivity contribution in [2.75, 3.05) is 26.9 Å². The van der Waals surface area contributed by atoms with Crippen LogP contribution in [0.5, 0.6) is 0 Å². The average molecular weight is 188 g/mol. The van der Waals surface area contributed by atoms with Crippen LogP contribution in [0, 0.1) is 0 Å². The molecule has 0 spiro atoms. The predicted molar refractivity (Wildman–Crippen MR) is 51.8 cm³/mol. The SMILES string of the molecule is CCC(=O)CCCCOCCOC. The number of carbonyl (C=O) groups excluding carboxylic acids is 1. The zero-order valence-electron chi connectivity index (χ0n) is 8.67. The molecule has 0 aromatic rings. The third-order valence-electron chi connectivity index (χ3n) is 1.82. The molecule has 0 atom stereocenters. The van der Waals surface area contributed by atoms with Gasteiger partial charge in [0.15, 0.2) is 0 Å². The van der Waals surface area contributed by atoms with Gasteiger partial charge in [0.25, 0.3) is 0 Å². The van der Waals surface area contributed by atoms with Crippen molar-refractivity contribution < 1.29 is 14.3 Å². The van der Waals surface area contributed by atoms with E-state index in [0.717, 1.165) is 19.4 Å². The second-order valence-corrected chi connectivity index (χ2v) is 2.95. The van der Waals surface area contributed by atoms with Gasteiger partial charge in [0.05, 0.1) is 13.2 Å². The number of hydrogen-bond donors (Lipinski definition) is 0. The van der Waals surface area contributed by atoms with Crippen molar-refractivity contribution in [1.82, 2.24) is 0 Å². The normalized spacial score (nSPS) is 10.3. The van der Waals surface area contributed by atoms with Crippen LogP contribution in [0.15, 0.2) is 0 Å². The zero-order valence-corrected chi connectivity index (χ0v) is 8.67. The van der Waals surface area contributed by atoms with Crippen LogP contribution in [0.1, 0.15) is 32.6 Å². The summed E-state index contributed by atoms with van der Waals surface area (Å²) in [5.41, 5.74) is 0. The first-order valence-electron chi connectivity index (χ1n) is 4.89. The Morgan fingerprint density at radius 2 is 1.92 bits per heavy atom. The minimum Gasteiger partial charge on any atom is -0.382 e. The first-order chi connectivity index (χ1) is 6.31. The van der Waals surface area contributed by atoms with Crippen molar-refractivity contribution in [3.8, 4) is 0 Å². The molecule has 3 heteroatoms. The molecule has 0 amide bonds. The van der Waals surface area contributed by atoms with Gasteiger partial charge in [0, 0.05) is 26.6 Å². The topological polar surface area (TPSA) is 35.5 Å². The number of hydrogen-bond acceptors (Lipinski definition) is 3. The van der Waals surface area contributed by atoms with Crippen LogP contribution in [0.25, 0.3) is 0 Å². The van der Waals surface area contributed by atoms with Crippen molar-refractivity contribution >= 4 is 5.78 Å². The van der Waals surface area contributed by atoms with E-state index in [1.807, 2.05) is 6.92 Å². The van der Waals surface area contributed by atoms with Gasteiger partial charge in [-0.1, -0.05) is 6.92 Å². The molecule has 0 saturated heterocycles. The molecular formula is C10H20O3. The van der Waals surface area contributed by atoms with E-state index < -0.39 is 0 Å². The van der Waals surface area contributed by atoms with Gasteiger partial charge in [-0.15, -0.1) is 0 Å². The molecule has 13 heavy (non-hydrogen) atoms. The lowest BCUT2D eigenvalue weighted by molar-refractivity contribution is -0.118. The Kier molecular flexibility index (Phi) is 9.37. The van der Waals surface area contributed by atoms with Crippen LogP contribution < -0.4 is 0 Å². The van der Waals surface area contributed by atoms with Crippen molar-refractivity contribution in [3.05, 3.63) is 0 Å². The third-order valence-corrected chi connectivity index (χ3v) is 1.82. The highest BCUT2D eigenvalue weighted by Crippen LogP contribution is 1.99. The molecular weight excluding hydrogens is 168 g/mol. The van der Waals surface area contributed by atoms with E-state index in [1.165, 1.54) is 0 Å². The summed E-state index contributed by atoms with van der Waals surface area (Å²) in [5.74, 6) is 0.344. The molecule has 0 N–H and O–H groups in total. The lowest BCUT2D eigenvalue weighted by Gasteiger charge is -2.02. The van der Waals surface area contributed by atoms with Crippen LogP contribution in [0.2, 0.25) is 0 Å². The molecule has 0 radical (unpaired) electrons. The lowest BCUT2D eigenvalue weighted by Crippen LogP contribution is -2.03. The van der Waals surface area contributed by atoms with E-state index in [-0.39, 0.29) is 0 Å². The van der Waals surface area contributed by atoms with E-state index in [0.29, 0.717) is 31.8 Å². The van der Waals surface area contributed by atoms with Crippen LogP contribution in [0.4, 0.5) is 0 Å². The smallest absolute Gasteiger partial charge is 0.132 e. The van der Waals surface area contributed by atoms with Crippen LogP contribution >= 0.6 is 0 Å². The Bertz CT molecular complexity index is 123. The first kappa shape index (κ1) is 12.6. The third kappa shape index (κ3) is 9.50. The molecule has 0 aliphatic rings. The summed E-state index contributed by atoms with van der Waals surface area (Å²) in [7, 11) is 1.66. The second kappa shape index (κ2) is 9.68. The van der Waals surface area contributed by atoms with Crippen LogP contribution in [0.3, 0.4) is 0 Å². The molecule has 0 bridgehead atoms. The number of ketones is 1. The van der Waals surface area contributed by atoms with Crippen molar-refractivity contribution in [2.24, 2.45) is 0 Å². The van der Waals surface area contributed by atoms with E-state index in [4.69, 9.17) is 9.47 Å². The number of unbranched alkanes of at least 4 members (excludes halogenated alkanes) is 1. The van der Waals surface area contributed by atoms with Gasteiger partial charge in [-0.25, -0.2) is 0 Å². The maximum absolute atomic E-state index is 10.9. The number of carbonyl (C=O) groups is 1. The van der Waals surface area contributed by atoms with Crippen molar-refractivity contribution in [3.63, 3.8) is 0 Å². The van der Waals surface area contributed by atoms with Gasteiger partial charge in [0.2, 0.25) is 0 Å². The van der Waals surface area contributed by atoms with Gasteiger partial charge in [-0.05, 0) is 12.8 Å². The molecule has 0 unspecified atom stereocenters. The summed E-state index contributed by atoms with van der Waals surface area (Å²) in [5, 5.41) is 0. The second-order valence-electron chi connectivity index (χ2n) is 2.95. The fraction of sp³-hybridized carbons (Fsp3) is 0.900. The highest BCUT2D eigenvalue weighted by Gasteiger charge is 1.97. The van der Waals surface area contributed by atoms with Gasteiger partial charge in [-0.2, -0.15) is 0 Å². The fourth-order valence-corrected chi connectivity index (χ4v) is 0.947. The molecule has 0 fully saturated rings.